The Morgan fingerprint density at radius 2 is 1.65 bits per heavy atom. The molecule has 0 spiro atoms. The predicted octanol–water partition coefficient (Wildman–Crippen LogP) is 5.20. The molecule has 0 amide bonds. The summed E-state index contributed by atoms with van der Waals surface area (Å²) in [5.41, 5.74) is 0.495. The van der Waals surface area contributed by atoms with Crippen LogP contribution in [0.3, 0.4) is 0 Å². The van der Waals surface area contributed by atoms with Crippen molar-refractivity contribution >= 4 is 17.3 Å². The third-order valence-corrected chi connectivity index (χ3v) is 4.99. The lowest BCUT2D eigenvalue weighted by atomic mass is 9.93. The Morgan fingerprint density at radius 3 is 2.27 bits per heavy atom. The maximum Gasteiger partial charge on any atom is 0.187 e. The maximum absolute atomic E-state index is 6.96. The highest BCUT2D eigenvalue weighted by Crippen LogP contribution is 2.29. The van der Waals surface area contributed by atoms with Gasteiger partial charge in [0.1, 0.15) is 23.7 Å². The molecule has 1 heterocycles. The van der Waals surface area contributed by atoms with Crippen LogP contribution in [0, 0.1) is 6.57 Å². The number of rotatable bonds is 6. The van der Waals surface area contributed by atoms with Gasteiger partial charge in [0.2, 0.25) is 0 Å². The summed E-state index contributed by atoms with van der Waals surface area (Å²) < 4.78 is 12.0. The van der Waals surface area contributed by atoms with Crippen LogP contribution in [0.1, 0.15) is 19.8 Å². The number of likely N-dealkylation sites (tertiary alicyclic amines) is 1. The van der Waals surface area contributed by atoms with E-state index < -0.39 is 0 Å². The Hall–Kier alpha value is -2.22. The molecule has 4 nitrogen and oxygen atoms in total. The van der Waals surface area contributed by atoms with E-state index in [0.717, 1.165) is 49.0 Å². The summed E-state index contributed by atoms with van der Waals surface area (Å²) in [6.07, 6.45) is 1.96. The average molecular weight is 371 g/mol. The smallest absolute Gasteiger partial charge is 0.187 e. The summed E-state index contributed by atoms with van der Waals surface area (Å²) in [4.78, 5) is 5.78. The first-order chi connectivity index (χ1) is 12.6. The van der Waals surface area contributed by atoms with E-state index in [1.165, 1.54) is 0 Å². The Labute approximate surface area is 160 Å². The van der Waals surface area contributed by atoms with Crippen LogP contribution < -0.4 is 9.47 Å². The van der Waals surface area contributed by atoms with Crippen molar-refractivity contribution in [1.29, 1.82) is 0 Å². The van der Waals surface area contributed by atoms with E-state index in [1.54, 1.807) is 12.1 Å². The van der Waals surface area contributed by atoms with E-state index in [-0.39, 0.29) is 5.60 Å². The topological polar surface area (TPSA) is 26.1 Å². The van der Waals surface area contributed by atoms with Gasteiger partial charge in [0.15, 0.2) is 5.69 Å². The molecule has 1 fully saturated rings. The van der Waals surface area contributed by atoms with Crippen molar-refractivity contribution in [3.05, 3.63) is 65.0 Å². The molecule has 0 N–H and O–H groups in total. The Kier molecular flexibility index (Phi) is 6.03. The van der Waals surface area contributed by atoms with Crippen molar-refractivity contribution in [2.24, 2.45) is 0 Å². The van der Waals surface area contributed by atoms with Gasteiger partial charge in [-0.3, -0.25) is 4.90 Å². The number of hydrogen-bond donors (Lipinski definition) is 0. The summed E-state index contributed by atoms with van der Waals surface area (Å²) >= 11 is 5.93. The summed E-state index contributed by atoms with van der Waals surface area (Å²) in [6.45, 7) is 12.7. The zero-order valence-corrected chi connectivity index (χ0v) is 15.7. The molecular formula is C21H23ClN2O2. The van der Waals surface area contributed by atoms with Crippen LogP contribution in [0.15, 0.2) is 48.5 Å². The van der Waals surface area contributed by atoms with Gasteiger partial charge in [-0.1, -0.05) is 23.7 Å². The molecule has 0 aliphatic carbocycles. The van der Waals surface area contributed by atoms with Crippen molar-refractivity contribution in [2.45, 2.75) is 25.4 Å². The molecule has 2 aromatic carbocycles. The minimum Gasteiger partial charge on any atom is -0.492 e. The first-order valence-corrected chi connectivity index (χ1v) is 9.21. The molecule has 26 heavy (non-hydrogen) atoms. The highest BCUT2D eigenvalue weighted by Gasteiger charge is 2.31. The molecule has 0 radical (unpaired) electrons. The third kappa shape index (κ3) is 5.14. The lowest BCUT2D eigenvalue weighted by Crippen LogP contribution is -2.47. The van der Waals surface area contributed by atoms with Crippen LogP contribution >= 0.6 is 11.6 Å². The zero-order chi connectivity index (χ0) is 18.4. The Morgan fingerprint density at radius 1 is 1.04 bits per heavy atom. The van der Waals surface area contributed by atoms with Crippen LogP contribution in [0.2, 0.25) is 5.02 Å². The van der Waals surface area contributed by atoms with E-state index in [1.807, 2.05) is 36.4 Å². The van der Waals surface area contributed by atoms with Gasteiger partial charge in [-0.15, -0.1) is 0 Å². The molecule has 136 valence electrons. The number of nitrogens with zero attached hydrogens (tertiary/aromatic N) is 2. The number of hydrogen-bond acceptors (Lipinski definition) is 3. The summed E-state index contributed by atoms with van der Waals surface area (Å²) in [6, 6.07) is 14.8. The minimum atomic E-state index is -0.138. The van der Waals surface area contributed by atoms with Crippen LogP contribution in [-0.2, 0) is 0 Å². The molecule has 1 saturated heterocycles. The predicted molar refractivity (Wildman–Crippen MR) is 104 cm³/mol. The van der Waals surface area contributed by atoms with Crippen molar-refractivity contribution in [2.75, 3.05) is 26.2 Å². The van der Waals surface area contributed by atoms with Gasteiger partial charge < -0.3 is 9.47 Å². The second-order valence-electron chi connectivity index (χ2n) is 6.80. The molecular weight excluding hydrogens is 348 g/mol. The fourth-order valence-electron chi connectivity index (χ4n) is 3.05. The number of ether oxygens (including phenoxy) is 2. The second kappa shape index (κ2) is 8.44. The van der Waals surface area contributed by atoms with Crippen molar-refractivity contribution in [3.8, 4) is 11.5 Å². The maximum atomic E-state index is 6.96. The molecule has 1 aliphatic heterocycles. The van der Waals surface area contributed by atoms with Gasteiger partial charge in [-0.05, 0) is 56.2 Å². The summed E-state index contributed by atoms with van der Waals surface area (Å²) in [5, 5.41) is 0.723. The number of benzene rings is 2. The standard InChI is InChI=1S/C21H23ClN2O2/c1-21(26-20-7-3-17(22)4-8-20)11-13-24(14-12-21)15-16-25-19-9-5-18(23-2)6-10-19/h3-10H,11-16H2,1H3. The van der Waals surface area contributed by atoms with Crippen LogP contribution in [-0.4, -0.2) is 36.7 Å². The SMILES string of the molecule is [C-]#[N+]c1ccc(OCCN2CCC(C)(Oc3ccc(Cl)cc3)CC2)cc1. The Bertz CT molecular complexity index is 745. The van der Waals surface area contributed by atoms with Gasteiger partial charge in [0.25, 0.3) is 0 Å². The van der Waals surface area contributed by atoms with Crippen LogP contribution in [0.4, 0.5) is 5.69 Å². The molecule has 3 rings (SSSR count). The van der Waals surface area contributed by atoms with E-state index in [2.05, 4.69) is 16.7 Å². The highest BCUT2D eigenvalue weighted by molar-refractivity contribution is 6.30. The number of piperidine rings is 1. The van der Waals surface area contributed by atoms with Gasteiger partial charge in [0, 0.05) is 24.7 Å². The lowest BCUT2D eigenvalue weighted by Gasteiger charge is -2.39. The zero-order valence-electron chi connectivity index (χ0n) is 15.0. The average Bonchev–Trinajstić information content (AvgIpc) is 2.66. The van der Waals surface area contributed by atoms with Gasteiger partial charge in [0.05, 0.1) is 6.57 Å². The first-order valence-electron chi connectivity index (χ1n) is 8.84. The molecule has 0 saturated carbocycles. The van der Waals surface area contributed by atoms with E-state index >= 15 is 0 Å². The molecule has 2 aromatic rings. The van der Waals surface area contributed by atoms with Crippen LogP contribution in [0.25, 0.3) is 4.85 Å². The monoisotopic (exact) mass is 370 g/mol. The quantitative estimate of drug-likeness (QED) is 0.653. The van der Waals surface area contributed by atoms with Crippen LogP contribution in [0.5, 0.6) is 11.5 Å². The molecule has 0 atom stereocenters. The summed E-state index contributed by atoms with van der Waals surface area (Å²) in [5.74, 6) is 1.68. The lowest BCUT2D eigenvalue weighted by molar-refractivity contribution is 0.0135. The molecule has 5 heteroatoms. The molecule has 0 unspecified atom stereocenters. The van der Waals surface area contributed by atoms with E-state index in [0.29, 0.717) is 12.3 Å². The second-order valence-corrected chi connectivity index (χ2v) is 7.24. The van der Waals surface area contributed by atoms with E-state index in [4.69, 9.17) is 27.6 Å². The molecule has 1 aliphatic rings. The normalized spacial score (nSPS) is 16.7. The minimum absolute atomic E-state index is 0.138. The highest BCUT2D eigenvalue weighted by atomic mass is 35.5. The molecule has 0 bridgehead atoms. The summed E-state index contributed by atoms with van der Waals surface area (Å²) in [7, 11) is 0. The van der Waals surface area contributed by atoms with Gasteiger partial charge >= 0.3 is 0 Å². The number of halogens is 1. The van der Waals surface area contributed by atoms with Crippen molar-refractivity contribution in [1.82, 2.24) is 4.90 Å². The fourth-order valence-corrected chi connectivity index (χ4v) is 3.17. The van der Waals surface area contributed by atoms with Gasteiger partial charge in [-0.25, -0.2) is 4.85 Å². The third-order valence-electron chi connectivity index (χ3n) is 4.73. The largest absolute Gasteiger partial charge is 0.492 e. The van der Waals surface area contributed by atoms with Crippen molar-refractivity contribution < 1.29 is 9.47 Å². The fraction of sp³-hybridized carbons (Fsp3) is 0.381. The first kappa shape index (κ1) is 18.6. The van der Waals surface area contributed by atoms with E-state index in [9.17, 15) is 0 Å². The van der Waals surface area contributed by atoms with Gasteiger partial charge in [-0.2, -0.15) is 0 Å². The Balaban J connectivity index is 1.41. The molecule has 0 aromatic heterocycles. The van der Waals surface area contributed by atoms with Crippen molar-refractivity contribution in [3.63, 3.8) is 0 Å².